The highest BCUT2D eigenvalue weighted by Gasteiger charge is 2.19. The second kappa shape index (κ2) is 6.37. The van der Waals surface area contributed by atoms with Gasteiger partial charge in [0.05, 0.1) is 0 Å². The van der Waals surface area contributed by atoms with Crippen molar-refractivity contribution in [3.63, 3.8) is 0 Å². The van der Waals surface area contributed by atoms with E-state index in [9.17, 15) is 0 Å². The Balaban J connectivity index is 2.04. The van der Waals surface area contributed by atoms with Gasteiger partial charge in [-0.25, -0.2) is 9.97 Å². The normalized spacial score (nSPS) is 11.3. The van der Waals surface area contributed by atoms with Gasteiger partial charge < -0.3 is 9.32 Å². The molecule has 4 rings (SSSR count). The van der Waals surface area contributed by atoms with Crippen LogP contribution in [-0.2, 0) is 0 Å². The molecular weight excluding hydrogens is 334 g/mol. The molecule has 0 bridgehead atoms. The fourth-order valence-corrected chi connectivity index (χ4v) is 3.17. The monoisotopic (exact) mass is 351 g/mol. The summed E-state index contributed by atoms with van der Waals surface area (Å²) in [6.45, 7) is 5.92. The molecule has 4 nitrogen and oxygen atoms in total. The van der Waals surface area contributed by atoms with Crippen LogP contribution in [0.4, 0.5) is 5.82 Å². The van der Waals surface area contributed by atoms with Crippen LogP contribution < -0.4 is 4.90 Å². The van der Waals surface area contributed by atoms with E-state index in [1.54, 1.807) is 0 Å². The average Bonchev–Trinajstić information content (AvgIpc) is 3.02. The van der Waals surface area contributed by atoms with Crippen molar-refractivity contribution in [1.29, 1.82) is 0 Å². The standard InChI is InChI=1S/C20H18ClN3O/c1-3-24(4-2)20-18-17(15-7-5-6-8-16(15)25-18)22-19(23-20)13-9-11-14(21)12-10-13/h5-12H,3-4H2,1-2H3. The second-order valence-corrected chi connectivity index (χ2v) is 6.26. The van der Waals surface area contributed by atoms with Crippen molar-refractivity contribution < 1.29 is 4.42 Å². The third-order valence-corrected chi connectivity index (χ3v) is 4.62. The van der Waals surface area contributed by atoms with Crippen LogP contribution in [0.1, 0.15) is 13.8 Å². The molecule has 0 aliphatic heterocycles. The first-order valence-corrected chi connectivity index (χ1v) is 8.79. The molecule has 2 heterocycles. The number of hydrogen-bond acceptors (Lipinski definition) is 4. The fourth-order valence-electron chi connectivity index (χ4n) is 3.04. The SMILES string of the molecule is CCN(CC)c1nc(-c2ccc(Cl)cc2)nc2c1oc1ccccc12. The summed E-state index contributed by atoms with van der Waals surface area (Å²) in [6.07, 6.45) is 0. The molecule has 0 N–H and O–H groups in total. The molecule has 2 aromatic carbocycles. The highest BCUT2D eigenvalue weighted by molar-refractivity contribution is 6.30. The lowest BCUT2D eigenvalue weighted by Gasteiger charge is -2.20. The first-order valence-electron chi connectivity index (χ1n) is 8.41. The maximum absolute atomic E-state index is 6.09. The summed E-state index contributed by atoms with van der Waals surface area (Å²) in [6, 6.07) is 15.6. The van der Waals surface area contributed by atoms with Gasteiger partial charge in [0.1, 0.15) is 11.1 Å². The van der Waals surface area contributed by atoms with Crippen molar-refractivity contribution in [2.45, 2.75) is 13.8 Å². The predicted molar refractivity (Wildman–Crippen MR) is 103 cm³/mol. The van der Waals surface area contributed by atoms with Gasteiger partial charge in [-0.1, -0.05) is 23.7 Å². The molecular formula is C20H18ClN3O. The summed E-state index contributed by atoms with van der Waals surface area (Å²) in [5.74, 6) is 1.51. The second-order valence-electron chi connectivity index (χ2n) is 5.83. The molecule has 0 amide bonds. The van der Waals surface area contributed by atoms with Crippen LogP contribution in [0.25, 0.3) is 33.5 Å². The van der Waals surface area contributed by atoms with Gasteiger partial charge in [0.15, 0.2) is 17.2 Å². The van der Waals surface area contributed by atoms with Crippen molar-refractivity contribution in [1.82, 2.24) is 9.97 Å². The number of para-hydroxylation sites is 1. The number of halogens is 1. The van der Waals surface area contributed by atoms with Gasteiger partial charge in [-0.3, -0.25) is 0 Å². The zero-order valence-corrected chi connectivity index (χ0v) is 14.9. The minimum atomic E-state index is 0.678. The Morgan fingerprint density at radius 3 is 2.40 bits per heavy atom. The molecule has 4 aromatic rings. The van der Waals surface area contributed by atoms with Crippen LogP contribution in [-0.4, -0.2) is 23.1 Å². The summed E-state index contributed by atoms with van der Waals surface area (Å²) < 4.78 is 6.09. The van der Waals surface area contributed by atoms with E-state index in [2.05, 4.69) is 18.7 Å². The Hall–Kier alpha value is -2.59. The van der Waals surface area contributed by atoms with Crippen LogP contribution in [0.3, 0.4) is 0 Å². The average molecular weight is 352 g/mol. The van der Waals surface area contributed by atoms with Crippen LogP contribution in [0.5, 0.6) is 0 Å². The van der Waals surface area contributed by atoms with E-state index in [0.29, 0.717) is 10.8 Å². The Morgan fingerprint density at radius 2 is 1.68 bits per heavy atom. The summed E-state index contributed by atoms with van der Waals surface area (Å²) in [7, 11) is 0. The largest absolute Gasteiger partial charge is 0.450 e. The molecule has 2 aromatic heterocycles. The van der Waals surface area contributed by atoms with Gasteiger partial charge >= 0.3 is 0 Å². The van der Waals surface area contributed by atoms with E-state index in [-0.39, 0.29) is 0 Å². The molecule has 25 heavy (non-hydrogen) atoms. The molecule has 0 atom stereocenters. The zero-order valence-electron chi connectivity index (χ0n) is 14.2. The summed E-state index contributed by atoms with van der Waals surface area (Å²) in [5, 5.41) is 1.70. The van der Waals surface area contributed by atoms with Crippen molar-refractivity contribution in [2.24, 2.45) is 0 Å². The molecule has 0 saturated heterocycles. The number of hydrogen-bond donors (Lipinski definition) is 0. The van der Waals surface area contributed by atoms with Crippen LogP contribution >= 0.6 is 11.6 Å². The molecule has 0 spiro atoms. The van der Waals surface area contributed by atoms with E-state index in [1.807, 2.05) is 48.5 Å². The van der Waals surface area contributed by atoms with E-state index in [0.717, 1.165) is 46.5 Å². The zero-order chi connectivity index (χ0) is 17.4. The quantitative estimate of drug-likeness (QED) is 0.484. The van der Waals surface area contributed by atoms with E-state index < -0.39 is 0 Å². The summed E-state index contributed by atoms with van der Waals surface area (Å²) in [4.78, 5) is 11.8. The van der Waals surface area contributed by atoms with Crippen molar-refractivity contribution in [3.05, 3.63) is 53.6 Å². The van der Waals surface area contributed by atoms with Gasteiger partial charge in [-0.05, 0) is 50.2 Å². The Kier molecular flexibility index (Phi) is 4.06. The highest BCUT2D eigenvalue weighted by atomic mass is 35.5. The van der Waals surface area contributed by atoms with E-state index >= 15 is 0 Å². The maximum atomic E-state index is 6.09. The van der Waals surface area contributed by atoms with Gasteiger partial charge in [0.2, 0.25) is 0 Å². The van der Waals surface area contributed by atoms with Gasteiger partial charge in [0.25, 0.3) is 0 Å². The molecule has 0 unspecified atom stereocenters. The van der Waals surface area contributed by atoms with Crippen LogP contribution in [0, 0.1) is 0 Å². The topological polar surface area (TPSA) is 42.2 Å². The molecule has 0 radical (unpaired) electrons. The smallest absolute Gasteiger partial charge is 0.196 e. The number of fused-ring (bicyclic) bond motifs is 3. The molecule has 126 valence electrons. The first-order chi connectivity index (χ1) is 12.2. The van der Waals surface area contributed by atoms with Gasteiger partial charge in [0, 0.05) is 29.1 Å². The van der Waals surface area contributed by atoms with E-state index in [1.165, 1.54) is 0 Å². The minimum absolute atomic E-state index is 0.678. The first kappa shape index (κ1) is 15.9. The van der Waals surface area contributed by atoms with Crippen molar-refractivity contribution in [3.8, 4) is 11.4 Å². The number of nitrogens with zero attached hydrogens (tertiary/aromatic N) is 3. The number of aromatic nitrogens is 2. The minimum Gasteiger partial charge on any atom is -0.450 e. The van der Waals surface area contributed by atoms with Gasteiger partial charge in [-0.15, -0.1) is 0 Å². The summed E-state index contributed by atoms with van der Waals surface area (Å²) >= 11 is 6.02. The lowest BCUT2D eigenvalue weighted by Crippen LogP contribution is -2.23. The number of benzene rings is 2. The number of rotatable bonds is 4. The van der Waals surface area contributed by atoms with Crippen LogP contribution in [0.15, 0.2) is 52.9 Å². The Labute approximate surface area is 151 Å². The molecule has 5 heteroatoms. The van der Waals surface area contributed by atoms with Crippen molar-refractivity contribution >= 4 is 39.5 Å². The van der Waals surface area contributed by atoms with Crippen LogP contribution in [0.2, 0.25) is 5.02 Å². The van der Waals surface area contributed by atoms with Crippen molar-refractivity contribution in [2.75, 3.05) is 18.0 Å². The maximum Gasteiger partial charge on any atom is 0.196 e. The predicted octanol–water partition coefficient (Wildman–Crippen LogP) is 5.54. The number of furan rings is 1. The Bertz CT molecular complexity index is 1040. The lowest BCUT2D eigenvalue weighted by molar-refractivity contribution is 0.661. The highest BCUT2D eigenvalue weighted by Crippen LogP contribution is 2.34. The number of anilines is 1. The fraction of sp³-hybridized carbons (Fsp3) is 0.200. The molecule has 0 aliphatic carbocycles. The van der Waals surface area contributed by atoms with E-state index in [4.69, 9.17) is 26.0 Å². The lowest BCUT2D eigenvalue weighted by atomic mass is 10.2. The summed E-state index contributed by atoms with van der Waals surface area (Å²) in [5.41, 5.74) is 3.35. The van der Waals surface area contributed by atoms with Gasteiger partial charge in [-0.2, -0.15) is 0 Å². The molecule has 0 aliphatic rings. The molecule has 0 fully saturated rings. The Morgan fingerprint density at radius 1 is 0.960 bits per heavy atom. The molecule has 0 saturated carbocycles. The third kappa shape index (κ3) is 2.72. The third-order valence-electron chi connectivity index (χ3n) is 4.37.